The Balaban J connectivity index is 3.29. The van der Waals surface area contributed by atoms with Gasteiger partial charge in [0.2, 0.25) is 0 Å². The Morgan fingerprint density at radius 2 is 0.875 bits per heavy atom. The molecule has 0 aromatic carbocycles. The monoisotopic (exact) mass is 434 g/mol. The van der Waals surface area contributed by atoms with Crippen LogP contribution in [0, 0.1) is 0 Å². The van der Waals surface area contributed by atoms with E-state index in [1.165, 1.54) is 0 Å². The third kappa shape index (κ3) is 5.88. The lowest BCUT2D eigenvalue weighted by molar-refractivity contribution is -0.0830. The molecule has 0 aromatic rings. The van der Waals surface area contributed by atoms with Gasteiger partial charge in [0.05, 0.1) is 0 Å². The Morgan fingerprint density at radius 3 is 1.17 bits per heavy atom. The van der Waals surface area contributed by atoms with Gasteiger partial charge in [-0.25, -0.2) is 0 Å². The van der Waals surface area contributed by atoms with Crippen LogP contribution in [0.5, 0.6) is 0 Å². The van der Waals surface area contributed by atoms with E-state index >= 15 is 0 Å². The molecule has 24 heavy (non-hydrogen) atoms. The summed E-state index contributed by atoms with van der Waals surface area (Å²) in [6.07, 6.45) is 0. The van der Waals surface area contributed by atoms with E-state index in [1.54, 1.807) is 0 Å². The Labute approximate surface area is 152 Å². The van der Waals surface area contributed by atoms with Crippen LogP contribution in [0.2, 0.25) is 13.1 Å². The maximum absolute atomic E-state index is 6.06. The molecule has 0 aliphatic carbocycles. The second-order valence-electron chi connectivity index (χ2n) is 4.40. The Kier molecular flexibility index (Phi) is 10.2. The molecule has 1 rings (SSSR count). The standard InChI is InChI=1S/C10H30O9Si5/c1-7-11-22(12-8-2)17-23(13-9-3,15-20-5)19-24(18-22,14-10-4)16-21-6/h7-10,20-21H2,1-6H3. The molecule has 0 N–H and O–H groups in total. The maximum Gasteiger partial charge on any atom is 0.668 e. The molecule has 1 aliphatic rings. The van der Waals surface area contributed by atoms with Gasteiger partial charge in [0.25, 0.3) is 0 Å². The fourth-order valence-electron chi connectivity index (χ4n) is 2.06. The van der Waals surface area contributed by atoms with Crippen LogP contribution < -0.4 is 0 Å². The van der Waals surface area contributed by atoms with Crippen molar-refractivity contribution >= 4 is 46.7 Å². The van der Waals surface area contributed by atoms with Gasteiger partial charge in [-0.2, -0.15) is 0 Å². The summed E-state index contributed by atoms with van der Waals surface area (Å²) in [4.78, 5) is 0. The minimum Gasteiger partial charge on any atom is -0.401 e. The molecule has 2 atom stereocenters. The van der Waals surface area contributed by atoms with E-state index in [4.69, 9.17) is 38.3 Å². The van der Waals surface area contributed by atoms with E-state index in [0.29, 0.717) is 26.4 Å². The molecule has 2 unspecified atom stereocenters. The lowest BCUT2D eigenvalue weighted by atomic mass is 10.9. The predicted molar refractivity (Wildman–Crippen MR) is 98.0 cm³/mol. The molecule has 1 fully saturated rings. The van der Waals surface area contributed by atoms with E-state index in [9.17, 15) is 0 Å². The van der Waals surface area contributed by atoms with Gasteiger partial charge in [0, 0.05) is 26.4 Å². The SMILES string of the molecule is CCO[Si]1(OCC)O[Si](OCC)(O[SiH2]C)O[Si](OCC)(O[SiH2]C)O1. The summed E-state index contributed by atoms with van der Waals surface area (Å²) < 4.78 is 53.1. The minimum absolute atomic E-state index is 0.354. The molecule has 1 aliphatic heterocycles. The van der Waals surface area contributed by atoms with E-state index in [0.717, 1.165) is 0 Å². The molecule has 0 aromatic heterocycles. The van der Waals surface area contributed by atoms with Crippen molar-refractivity contribution in [2.45, 2.75) is 40.8 Å². The van der Waals surface area contributed by atoms with Gasteiger partial charge in [-0.1, -0.05) is 13.1 Å². The summed E-state index contributed by atoms with van der Waals surface area (Å²) in [7, 11) is -12.4. The van der Waals surface area contributed by atoms with Crippen molar-refractivity contribution < 1.29 is 38.3 Å². The van der Waals surface area contributed by atoms with Gasteiger partial charge in [-0.3, -0.25) is 0 Å². The lowest BCUT2D eigenvalue weighted by Gasteiger charge is -2.45. The van der Waals surface area contributed by atoms with Crippen molar-refractivity contribution in [1.29, 1.82) is 0 Å². The fourth-order valence-corrected chi connectivity index (χ4v) is 17.3. The van der Waals surface area contributed by atoms with Crippen LogP contribution in [-0.2, 0) is 38.3 Å². The van der Waals surface area contributed by atoms with Gasteiger partial charge < -0.3 is 38.3 Å². The first-order valence-electron chi connectivity index (χ1n) is 8.42. The first kappa shape index (κ1) is 22.8. The Hall–Kier alpha value is 0.724. The fraction of sp³-hybridized carbons (Fsp3) is 1.00. The van der Waals surface area contributed by atoms with Crippen LogP contribution in [-0.4, -0.2) is 73.1 Å². The van der Waals surface area contributed by atoms with Crippen LogP contribution in [0.25, 0.3) is 0 Å². The number of hydrogen-bond donors (Lipinski definition) is 0. The van der Waals surface area contributed by atoms with Crippen LogP contribution in [0.3, 0.4) is 0 Å². The van der Waals surface area contributed by atoms with Crippen molar-refractivity contribution in [3.63, 3.8) is 0 Å². The molecule has 0 saturated carbocycles. The molecule has 1 heterocycles. The molecule has 1 saturated heterocycles. The summed E-state index contributed by atoms with van der Waals surface area (Å²) in [5.74, 6) is 0. The van der Waals surface area contributed by atoms with Crippen molar-refractivity contribution in [3.05, 3.63) is 0 Å². The molecule has 14 heteroatoms. The second-order valence-corrected chi connectivity index (χ2v) is 14.5. The van der Waals surface area contributed by atoms with E-state index in [2.05, 4.69) is 0 Å². The average molecular weight is 435 g/mol. The van der Waals surface area contributed by atoms with Gasteiger partial charge in [-0.05, 0) is 27.7 Å². The highest BCUT2D eigenvalue weighted by Crippen LogP contribution is 2.34. The van der Waals surface area contributed by atoms with Crippen LogP contribution in [0.4, 0.5) is 0 Å². The molecular weight excluding hydrogens is 405 g/mol. The highest BCUT2D eigenvalue weighted by Gasteiger charge is 2.73. The van der Waals surface area contributed by atoms with E-state index in [1.807, 2.05) is 40.8 Å². The summed E-state index contributed by atoms with van der Waals surface area (Å²) in [5.41, 5.74) is 0. The first-order valence-corrected chi connectivity index (χ1v) is 17.3. The van der Waals surface area contributed by atoms with Crippen molar-refractivity contribution in [1.82, 2.24) is 0 Å². The zero-order valence-electron chi connectivity index (χ0n) is 15.4. The van der Waals surface area contributed by atoms with Gasteiger partial charge in [-0.15, -0.1) is 0 Å². The van der Waals surface area contributed by atoms with Crippen molar-refractivity contribution in [2.75, 3.05) is 26.4 Å². The highest BCUT2D eigenvalue weighted by molar-refractivity contribution is 6.85. The third-order valence-electron chi connectivity index (χ3n) is 2.68. The molecule has 0 spiro atoms. The van der Waals surface area contributed by atoms with Crippen LogP contribution in [0.1, 0.15) is 27.7 Å². The van der Waals surface area contributed by atoms with E-state index < -0.39 is 46.7 Å². The zero-order valence-corrected chi connectivity index (χ0v) is 21.2. The molecule has 0 radical (unpaired) electrons. The largest absolute Gasteiger partial charge is 0.668 e. The number of rotatable bonds is 12. The van der Waals surface area contributed by atoms with Crippen LogP contribution >= 0.6 is 0 Å². The first-order chi connectivity index (χ1) is 11.5. The Bertz CT molecular complexity index is 281. The lowest BCUT2D eigenvalue weighted by Crippen LogP contribution is -2.76. The van der Waals surface area contributed by atoms with Crippen molar-refractivity contribution in [3.8, 4) is 0 Å². The molecule has 0 amide bonds. The normalized spacial score (nSPS) is 30.8. The van der Waals surface area contributed by atoms with E-state index in [-0.39, 0.29) is 0 Å². The maximum atomic E-state index is 6.06. The summed E-state index contributed by atoms with van der Waals surface area (Å²) in [6.45, 7) is 12.8. The zero-order chi connectivity index (χ0) is 18.1. The average Bonchev–Trinajstić information content (AvgIpc) is 2.48. The van der Waals surface area contributed by atoms with Crippen molar-refractivity contribution in [2.24, 2.45) is 0 Å². The van der Waals surface area contributed by atoms with Crippen LogP contribution in [0.15, 0.2) is 0 Å². The third-order valence-corrected chi connectivity index (χ3v) is 16.4. The van der Waals surface area contributed by atoms with Gasteiger partial charge in [0.15, 0.2) is 19.5 Å². The molecule has 144 valence electrons. The highest BCUT2D eigenvalue weighted by atomic mass is 28.6. The topological polar surface area (TPSA) is 83.1 Å². The molecular formula is C10H30O9Si5. The smallest absolute Gasteiger partial charge is 0.401 e. The minimum atomic E-state index is -3.56. The molecule has 9 nitrogen and oxygen atoms in total. The summed E-state index contributed by atoms with van der Waals surface area (Å²) >= 11 is 0. The predicted octanol–water partition coefficient (Wildman–Crippen LogP) is -0.200. The van der Waals surface area contributed by atoms with Gasteiger partial charge >= 0.3 is 27.1 Å². The summed E-state index contributed by atoms with van der Waals surface area (Å²) in [5, 5.41) is 0. The quantitative estimate of drug-likeness (QED) is 0.388. The summed E-state index contributed by atoms with van der Waals surface area (Å²) in [6, 6.07) is 0. The number of hydrogen-bond acceptors (Lipinski definition) is 9. The second kappa shape index (κ2) is 10.8. The Morgan fingerprint density at radius 1 is 0.583 bits per heavy atom. The van der Waals surface area contributed by atoms with Gasteiger partial charge in [0.1, 0.15) is 0 Å². The molecule has 0 bridgehead atoms.